The number of methoxy groups -OCH3 is 1. The van der Waals surface area contributed by atoms with Crippen LogP contribution in [0, 0.1) is 11.3 Å². The van der Waals surface area contributed by atoms with Gasteiger partial charge in [0.2, 0.25) is 0 Å². The van der Waals surface area contributed by atoms with E-state index < -0.39 is 0 Å². The average Bonchev–Trinajstić information content (AvgIpc) is 2.78. The molecule has 120 valence electrons. The Hall–Kier alpha value is -2.04. The number of rotatable bonds is 4. The molecule has 5 nitrogen and oxygen atoms in total. The van der Waals surface area contributed by atoms with Crippen molar-refractivity contribution in [2.75, 3.05) is 13.7 Å². The lowest BCUT2D eigenvalue weighted by Crippen LogP contribution is -2.28. The number of thiazole rings is 1. The van der Waals surface area contributed by atoms with Crippen molar-refractivity contribution in [3.63, 3.8) is 0 Å². The molecule has 0 N–H and O–H groups in total. The predicted molar refractivity (Wildman–Crippen MR) is 94.3 cm³/mol. The van der Waals surface area contributed by atoms with Crippen molar-refractivity contribution in [2.45, 2.75) is 6.92 Å². The summed E-state index contributed by atoms with van der Waals surface area (Å²) in [5, 5.41) is 8.76. The summed E-state index contributed by atoms with van der Waals surface area (Å²) in [6.45, 7) is 2.42. The Bertz CT molecular complexity index is 938. The summed E-state index contributed by atoms with van der Waals surface area (Å²) >= 11 is 4.73. The zero-order chi connectivity index (χ0) is 17.0. The smallest absolute Gasteiger partial charge is 0.268 e. The minimum atomic E-state index is -0.138. The molecular weight excluding hydrogens is 380 g/mol. The van der Waals surface area contributed by atoms with Gasteiger partial charge in [-0.3, -0.25) is 4.79 Å². The third kappa shape index (κ3) is 3.66. The van der Waals surface area contributed by atoms with Gasteiger partial charge in [-0.15, -0.1) is 11.3 Å². The monoisotopic (exact) mass is 394 g/mol. The highest BCUT2D eigenvalue weighted by Crippen LogP contribution is 2.36. The van der Waals surface area contributed by atoms with Crippen LogP contribution < -0.4 is 24.2 Å². The SMILES string of the molecule is CCOc1c(Br)cc(/C=c2\s/c(=C\C#N)n(C)c2=O)cc1OC. The number of halogens is 1. The topological polar surface area (TPSA) is 64.2 Å². The fourth-order valence-electron chi connectivity index (χ4n) is 2.02. The second kappa shape index (κ2) is 7.49. The molecule has 7 heteroatoms. The molecule has 0 radical (unpaired) electrons. The molecule has 0 saturated heterocycles. The van der Waals surface area contributed by atoms with Gasteiger partial charge in [-0.05, 0) is 46.6 Å². The molecule has 0 aliphatic heterocycles. The Morgan fingerprint density at radius 3 is 2.83 bits per heavy atom. The lowest BCUT2D eigenvalue weighted by atomic mass is 10.2. The maximum atomic E-state index is 12.2. The van der Waals surface area contributed by atoms with Crippen molar-refractivity contribution in [3.05, 3.63) is 41.7 Å². The van der Waals surface area contributed by atoms with Gasteiger partial charge in [0.1, 0.15) is 4.66 Å². The Morgan fingerprint density at radius 1 is 1.48 bits per heavy atom. The third-order valence-corrected chi connectivity index (χ3v) is 4.79. The predicted octanol–water partition coefficient (Wildman–Crippen LogP) is 1.75. The highest BCUT2D eigenvalue weighted by Gasteiger charge is 2.11. The molecule has 0 unspecified atom stereocenters. The van der Waals surface area contributed by atoms with E-state index in [2.05, 4.69) is 15.9 Å². The van der Waals surface area contributed by atoms with E-state index in [0.29, 0.717) is 27.3 Å². The van der Waals surface area contributed by atoms with Gasteiger partial charge in [0, 0.05) is 13.1 Å². The molecule has 1 aromatic heterocycles. The second-order valence-electron chi connectivity index (χ2n) is 4.55. The summed E-state index contributed by atoms with van der Waals surface area (Å²) in [4.78, 5) is 12.2. The van der Waals surface area contributed by atoms with Gasteiger partial charge in [0.15, 0.2) is 11.5 Å². The van der Waals surface area contributed by atoms with Gasteiger partial charge < -0.3 is 14.0 Å². The molecule has 0 amide bonds. The van der Waals surface area contributed by atoms with Crippen molar-refractivity contribution in [1.29, 1.82) is 5.26 Å². The quantitative estimate of drug-likeness (QED) is 0.792. The highest BCUT2D eigenvalue weighted by atomic mass is 79.9. The lowest BCUT2D eigenvalue weighted by molar-refractivity contribution is 0.309. The molecule has 2 aromatic rings. The Balaban J connectivity index is 2.63. The molecule has 1 heterocycles. The van der Waals surface area contributed by atoms with Crippen LogP contribution in [0.3, 0.4) is 0 Å². The van der Waals surface area contributed by atoms with Gasteiger partial charge in [-0.2, -0.15) is 5.26 Å². The number of aromatic nitrogens is 1. The van der Waals surface area contributed by atoms with Crippen LogP contribution in [-0.4, -0.2) is 18.3 Å². The minimum Gasteiger partial charge on any atom is -0.493 e. The molecule has 0 bridgehead atoms. The van der Waals surface area contributed by atoms with Crippen LogP contribution in [0.4, 0.5) is 0 Å². The van der Waals surface area contributed by atoms with Crippen LogP contribution in [0.25, 0.3) is 12.2 Å². The highest BCUT2D eigenvalue weighted by molar-refractivity contribution is 9.10. The van der Waals surface area contributed by atoms with Gasteiger partial charge in [-0.1, -0.05) is 0 Å². The third-order valence-electron chi connectivity index (χ3n) is 3.09. The molecule has 0 atom stereocenters. The molecule has 0 saturated carbocycles. The molecule has 23 heavy (non-hydrogen) atoms. The fraction of sp³-hybridized carbons (Fsp3) is 0.250. The summed E-state index contributed by atoms with van der Waals surface area (Å²) in [6.07, 6.45) is 3.13. The first kappa shape index (κ1) is 17.3. The first-order chi connectivity index (χ1) is 11.0. The van der Waals surface area contributed by atoms with E-state index in [9.17, 15) is 4.79 Å². The van der Waals surface area contributed by atoms with Gasteiger partial charge in [-0.25, -0.2) is 0 Å². The molecule has 0 fully saturated rings. The number of benzene rings is 1. The maximum absolute atomic E-state index is 12.2. The summed E-state index contributed by atoms with van der Waals surface area (Å²) in [5.41, 5.74) is 0.667. The Morgan fingerprint density at radius 2 is 2.22 bits per heavy atom. The lowest BCUT2D eigenvalue weighted by Gasteiger charge is -2.12. The molecule has 0 aliphatic rings. The summed E-state index contributed by atoms with van der Waals surface area (Å²) in [7, 11) is 3.21. The molecular formula is C16H15BrN2O3S. The van der Waals surface area contributed by atoms with Crippen molar-refractivity contribution < 1.29 is 9.47 Å². The Labute approximate surface area is 145 Å². The zero-order valence-electron chi connectivity index (χ0n) is 12.9. The number of nitrogens with zero attached hydrogens (tertiary/aromatic N) is 2. The van der Waals surface area contributed by atoms with Gasteiger partial charge in [0.25, 0.3) is 5.56 Å². The van der Waals surface area contributed by atoms with Crippen molar-refractivity contribution in [2.24, 2.45) is 7.05 Å². The van der Waals surface area contributed by atoms with Crippen molar-refractivity contribution in [1.82, 2.24) is 4.57 Å². The molecule has 2 rings (SSSR count). The van der Waals surface area contributed by atoms with Crippen LogP contribution in [0.1, 0.15) is 12.5 Å². The zero-order valence-corrected chi connectivity index (χ0v) is 15.3. The van der Waals surface area contributed by atoms with Crippen molar-refractivity contribution in [3.8, 4) is 17.6 Å². The van der Waals surface area contributed by atoms with Crippen LogP contribution in [0.2, 0.25) is 0 Å². The largest absolute Gasteiger partial charge is 0.493 e. The van der Waals surface area contributed by atoms with E-state index in [1.165, 1.54) is 22.0 Å². The van der Waals surface area contributed by atoms with E-state index >= 15 is 0 Å². The number of nitriles is 1. The summed E-state index contributed by atoms with van der Waals surface area (Å²) in [6, 6.07) is 5.62. The number of ether oxygens (including phenoxy) is 2. The van der Waals surface area contributed by atoms with Crippen LogP contribution in [0.15, 0.2) is 21.4 Å². The normalized spacial score (nSPS) is 12.3. The molecule has 1 aromatic carbocycles. The number of hydrogen-bond donors (Lipinski definition) is 0. The van der Waals surface area contributed by atoms with E-state index in [0.717, 1.165) is 10.0 Å². The van der Waals surface area contributed by atoms with Gasteiger partial charge in [0.05, 0.1) is 28.8 Å². The first-order valence-corrected chi connectivity index (χ1v) is 8.40. The number of hydrogen-bond acceptors (Lipinski definition) is 5. The maximum Gasteiger partial charge on any atom is 0.268 e. The van der Waals surface area contributed by atoms with E-state index in [-0.39, 0.29) is 5.56 Å². The van der Waals surface area contributed by atoms with Crippen molar-refractivity contribution >= 4 is 39.4 Å². The van der Waals surface area contributed by atoms with E-state index in [1.807, 2.05) is 25.1 Å². The second-order valence-corrected chi connectivity index (χ2v) is 6.47. The minimum absolute atomic E-state index is 0.138. The van der Waals surface area contributed by atoms with Crippen LogP contribution >= 0.6 is 27.3 Å². The first-order valence-electron chi connectivity index (χ1n) is 6.79. The van der Waals surface area contributed by atoms with Gasteiger partial charge >= 0.3 is 0 Å². The van der Waals surface area contributed by atoms with E-state index in [1.54, 1.807) is 20.2 Å². The van der Waals surface area contributed by atoms with E-state index in [4.69, 9.17) is 14.7 Å². The standard InChI is InChI=1S/C16H15BrN2O3S/c1-4-22-15-11(17)7-10(8-12(15)21-3)9-13-16(20)19(2)14(23-13)5-6-18/h5,7-9H,4H2,1-3H3/b13-9-,14-5-. The summed E-state index contributed by atoms with van der Waals surface area (Å²) < 4.78 is 14.3. The Kier molecular flexibility index (Phi) is 5.64. The van der Waals surface area contributed by atoms with Crippen LogP contribution in [-0.2, 0) is 7.05 Å². The molecule has 0 spiro atoms. The average molecular weight is 395 g/mol. The van der Waals surface area contributed by atoms with Crippen LogP contribution in [0.5, 0.6) is 11.5 Å². The molecule has 0 aliphatic carbocycles. The summed E-state index contributed by atoms with van der Waals surface area (Å²) in [5.74, 6) is 1.22. The fourth-order valence-corrected chi connectivity index (χ4v) is 3.57.